The number of rotatable bonds is 5. The van der Waals surface area contributed by atoms with Gasteiger partial charge in [-0.1, -0.05) is 19.9 Å². The molecule has 0 saturated carbocycles. The lowest BCUT2D eigenvalue weighted by Gasteiger charge is -2.10. The summed E-state index contributed by atoms with van der Waals surface area (Å²) in [5.41, 5.74) is 1.89. The van der Waals surface area contributed by atoms with Gasteiger partial charge < -0.3 is 15.4 Å². The third-order valence-corrected chi connectivity index (χ3v) is 3.48. The van der Waals surface area contributed by atoms with Gasteiger partial charge in [-0.2, -0.15) is 0 Å². The summed E-state index contributed by atoms with van der Waals surface area (Å²) in [4.78, 5) is 35.5. The summed E-state index contributed by atoms with van der Waals surface area (Å²) in [5, 5.41) is 5.52. The van der Waals surface area contributed by atoms with Gasteiger partial charge in [0.1, 0.15) is 0 Å². The number of methoxy groups -OCH3 is 1. The van der Waals surface area contributed by atoms with Crippen LogP contribution in [-0.2, 0) is 9.53 Å². The Morgan fingerprint density at radius 2 is 1.44 bits per heavy atom. The van der Waals surface area contributed by atoms with Crippen molar-refractivity contribution >= 4 is 29.2 Å². The molecule has 0 aliphatic heterocycles. The van der Waals surface area contributed by atoms with Crippen molar-refractivity contribution < 1.29 is 19.1 Å². The maximum atomic E-state index is 12.3. The van der Waals surface area contributed by atoms with Gasteiger partial charge in [-0.05, 0) is 42.5 Å². The van der Waals surface area contributed by atoms with Gasteiger partial charge >= 0.3 is 5.97 Å². The molecule has 0 saturated heterocycles. The SMILES string of the molecule is COC(=O)c1cccc(C(=O)Nc2ccc(NC(=O)C(C)C)cc2)c1. The standard InChI is InChI=1S/C19H20N2O4/c1-12(2)17(22)20-15-7-9-16(10-8-15)21-18(23)13-5-4-6-14(11-13)19(24)25-3/h4-12H,1-3H3,(H,20,22)(H,21,23). The molecule has 2 aromatic rings. The van der Waals surface area contributed by atoms with Crippen LogP contribution in [0, 0.1) is 5.92 Å². The van der Waals surface area contributed by atoms with E-state index in [-0.39, 0.29) is 17.7 Å². The van der Waals surface area contributed by atoms with Gasteiger partial charge in [0.2, 0.25) is 5.91 Å². The Kier molecular flexibility index (Phi) is 5.89. The van der Waals surface area contributed by atoms with Gasteiger partial charge in [0.05, 0.1) is 12.7 Å². The van der Waals surface area contributed by atoms with E-state index < -0.39 is 5.97 Å². The van der Waals surface area contributed by atoms with Crippen molar-refractivity contribution in [2.75, 3.05) is 17.7 Å². The van der Waals surface area contributed by atoms with E-state index in [0.29, 0.717) is 22.5 Å². The fourth-order valence-corrected chi connectivity index (χ4v) is 2.03. The monoisotopic (exact) mass is 340 g/mol. The molecule has 0 spiro atoms. The molecule has 25 heavy (non-hydrogen) atoms. The minimum Gasteiger partial charge on any atom is -0.465 e. The van der Waals surface area contributed by atoms with E-state index in [9.17, 15) is 14.4 Å². The van der Waals surface area contributed by atoms with Crippen molar-refractivity contribution in [2.24, 2.45) is 5.92 Å². The molecule has 0 aliphatic rings. The van der Waals surface area contributed by atoms with E-state index in [1.807, 2.05) is 13.8 Å². The predicted octanol–water partition coefficient (Wildman–Crippen LogP) is 3.32. The molecule has 0 radical (unpaired) electrons. The lowest BCUT2D eigenvalue weighted by atomic mass is 10.1. The Hall–Kier alpha value is -3.15. The average molecular weight is 340 g/mol. The number of nitrogens with one attached hydrogen (secondary N) is 2. The Balaban J connectivity index is 2.06. The molecule has 2 amide bonds. The van der Waals surface area contributed by atoms with Crippen molar-refractivity contribution in [3.05, 3.63) is 59.7 Å². The highest BCUT2D eigenvalue weighted by Crippen LogP contribution is 2.16. The van der Waals surface area contributed by atoms with Crippen molar-refractivity contribution in [3.8, 4) is 0 Å². The van der Waals surface area contributed by atoms with Gasteiger partial charge in [0.15, 0.2) is 0 Å². The number of amides is 2. The van der Waals surface area contributed by atoms with Crippen LogP contribution < -0.4 is 10.6 Å². The Morgan fingerprint density at radius 3 is 2.00 bits per heavy atom. The van der Waals surface area contributed by atoms with Gasteiger partial charge in [-0.15, -0.1) is 0 Å². The van der Waals surface area contributed by atoms with Crippen LogP contribution in [0.3, 0.4) is 0 Å². The molecular formula is C19H20N2O4. The van der Waals surface area contributed by atoms with Crippen molar-refractivity contribution in [2.45, 2.75) is 13.8 Å². The van der Waals surface area contributed by atoms with Gasteiger partial charge in [-0.3, -0.25) is 9.59 Å². The van der Waals surface area contributed by atoms with Crippen LogP contribution in [0.2, 0.25) is 0 Å². The number of benzene rings is 2. The summed E-state index contributed by atoms with van der Waals surface area (Å²) in [6.07, 6.45) is 0. The van der Waals surface area contributed by atoms with Crippen molar-refractivity contribution in [1.82, 2.24) is 0 Å². The lowest BCUT2D eigenvalue weighted by molar-refractivity contribution is -0.118. The fourth-order valence-electron chi connectivity index (χ4n) is 2.03. The van der Waals surface area contributed by atoms with Crippen LogP contribution in [0.25, 0.3) is 0 Å². The normalized spacial score (nSPS) is 10.2. The molecular weight excluding hydrogens is 320 g/mol. The number of carbonyl (C=O) groups excluding carboxylic acids is 3. The van der Waals surface area contributed by atoms with Crippen LogP contribution in [0.15, 0.2) is 48.5 Å². The average Bonchev–Trinajstić information content (AvgIpc) is 2.62. The summed E-state index contributed by atoms with van der Waals surface area (Å²) in [7, 11) is 1.29. The number of esters is 1. The van der Waals surface area contributed by atoms with Crippen LogP contribution in [-0.4, -0.2) is 24.9 Å². The van der Waals surface area contributed by atoms with Gasteiger partial charge in [0, 0.05) is 22.9 Å². The molecule has 0 atom stereocenters. The molecule has 6 nitrogen and oxygen atoms in total. The number of ether oxygens (including phenoxy) is 1. The fraction of sp³-hybridized carbons (Fsp3) is 0.211. The van der Waals surface area contributed by atoms with Crippen LogP contribution in [0.5, 0.6) is 0 Å². The Bertz CT molecular complexity index is 782. The molecule has 2 aromatic carbocycles. The maximum Gasteiger partial charge on any atom is 0.337 e. The Labute approximate surface area is 146 Å². The second-order valence-corrected chi connectivity index (χ2v) is 5.75. The molecule has 0 bridgehead atoms. The number of hydrogen-bond acceptors (Lipinski definition) is 4. The van der Waals surface area contributed by atoms with E-state index in [2.05, 4.69) is 15.4 Å². The molecule has 0 unspecified atom stereocenters. The number of carbonyl (C=O) groups is 3. The minimum atomic E-state index is -0.500. The van der Waals surface area contributed by atoms with Crippen molar-refractivity contribution in [1.29, 1.82) is 0 Å². The number of anilines is 2. The second-order valence-electron chi connectivity index (χ2n) is 5.75. The van der Waals surface area contributed by atoms with E-state index >= 15 is 0 Å². The van der Waals surface area contributed by atoms with E-state index in [1.54, 1.807) is 42.5 Å². The first-order valence-corrected chi connectivity index (χ1v) is 7.81. The molecule has 6 heteroatoms. The second kappa shape index (κ2) is 8.10. The molecule has 0 aromatic heterocycles. The topological polar surface area (TPSA) is 84.5 Å². The van der Waals surface area contributed by atoms with Crippen LogP contribution in [0.4, 0.5) is 11.4 Å². The molecule has 0 aliphatic carbocycles. The minimum absolute atomic E-state index is 0.0728. The summed E-state index contributed by atoms with van der Waals surface area (Å²) in [5.74, 6) is -1.03. The Morgan fingerprint density at radius 1 is 0.880 bits per heavy atom. The zero-order valence-corrected chi connectivity index (χ0v) is 14.3. The highest BCUT2D eigenvalue weighted by atomic mass is 16.5. The lowest BCUT2D eigenvalue weighted by Crippen LogP contribution is -2.17. The third-order valence-electron chi connectivity index (χ3n) is 3.48. The van der Waals surface area contributed by atoms with E-state index in [0.717, 1.165) is 0 Å². The molecule has 0 heterocycles. The number of hydrogen-bond donors (Lipinski definition) is 2. The van der Waals surface area contributed by atoms with Gasteiger partial charge in [-0.25, -0.2) is 4.79 Å². The first kappa shape index (κ1) is 18.2. The first-order chi connectivity index (χ1) is 11.9. The van der Waals surface area contributed by atoms with Gasteiger partial charge in [0.25, 0.3) is 5.91 Å². The molecule has 2 N–H and O–H groups in total. The van der Waals surface area contributed by atoms with E-state index in [1.165, 1.54) is 13.2 Å². The molecule has 130 valence electrons. The highest BCUT2D eigenvalue weighted by molar-refractivity contribution is 6.05. The smallest absolute Gasteiger partial charge is 0.337 e. The summed E-state index contributed by atoms with van der Waals surface area (Å²) in [6, 6.07) is 13.1. The predicted molar refractivity (Wildman–Crippen MR) is 95.6 cm³/mol. The zero-order chi connectivity index (χ0) is 18.4. The van der Waals surface area contributed by atoms with Crippen LogP contribution >= 0.6 is 0 Å². The summed E-state index contributed by atoms with van der Waals surface area (Å²) < 4.78 is 4.65. The summed E-state index contributed by atoms with van der Waals surface area (Å²) >= 11 is 0. The van der Waals surface area contributed by atoms with E-state index in [4.69, 9.17) is 0 Å². The molecule has 0 fully saturated rings. The van der Waals surface area contributed by atoms with Crippen LogP contribution in [0.1, 0.15) is 34.6 Å². The quantitative estimate of drug-likeness (QED) is 0.818. The first-order valence-electron chi connectivity index (χ1n) is 7.81. The zero-order valence-electron chi connectivity index (χ0n) is 14.3. The maximum absolute atomic E-state index is 12.3. The third kappa shape index (κ3) is 4.91. The van der Waals surface area contributed by atoms with Crippen molar-refractivity contribution in [3.63, 3.8) is 0 Å². The summed E-state index contributed by atoms with van der Waals surface area (Å²) in [6.45, 7) is 3.62. The highest BCUT2D eigenvalue weighted by Gasteiger charge is 2.11. The largest absolute Gasteiger partial charge is 0.465 e. The molecule has 2 rings (SSSR count).